The Morgan fingerprint density at radius 1 is 0.826 bits per heavy atom. The van der Waals surface area contributed by atoms with Gasteiger partial charge in [-0.2, -0.15) is 0 Å². The van der Waals surface area contributed by atoms with Crippen molar-refractivity contribution in [3.63, 3.8) is 0 Å². The van der Waals surface area contributed by atoms with Crippen molar-refractivity contribution in [2.45, 2.75) is 58.3 Å². The second kappa shape index (κ2) is 10.6. The van der Waals surface area contributed by atoms with Crippen LogP contribution in [0.25, 0.3) is 0 Å². The molecule has 0 atom stereocenters. The highest BCUT2D eigenvalue weighted by molar-refractivity contribution is 5.66. The molecule has 0 unspecified atom stereocenters. The average molecular weight is 318 g/mol. The summed E-state index contributed by atoms with van der Waals surface area (Å²) < 4.78 is 0. The number of carboxylic acid groups (broad SMARTS) is 2. The molecular weight excluding hydrogens is 292 g/mol. The van der Waals surface area contributed by atoms with Gasteiger partial charge in [0.05, 0.1) is 0 Å². The molecule has 0 radical (unpaired) electrons. The number of fused-ring (bicyclic) bond motifs is 1. The van der Waals surface area contributed by atoms with Crippen LogP contribution in [0, 0.1) is 0 Å². The van der Waals surface area contributed by atoms with Gasteiger partial charge in [0, 0.05) is 12.8 Å². The topological polar surface area (TPSA) is 74.6 Å². The zero-order valence-corrected chi connectivity index (χ0v) is 13.8. The van der Waals surface area contributed by atoms with Gasteiger partial charge in [-0.25, -0.2) is 0 Å². The standard InChI is InChI=1S/C10H18O4.C9H8/c11-9(12)7-5-3-1-2-4-6-8-10(13)14;1-7-5-6-8-3-2-4-9(7)8/h1-8H2,(H,11,12)(H,13,14);2-6H,1H3. The molecule has 4 heteroatoms. The van der Waals surface area contributed by atoms with Crippen molar-refractivity contribution < 1.29 is 19.8 Å². The van der Waals surface area contributed by atoms with Crippen molar-refractivity contribution in [1.29, 1.82) is 0 Å². The molecule has 0 saturated carbocycles. The number of rotatable bonds is 9. The largest absolute Gasteiger partial charge is 0.481 e. The van der Waals surface area contributed by atoms with Crippen molar-refractivity contribution >= 4 is 11.9 Å². The van der Waals surface area contributed by atoms with Crippen LogP contribution < -0.4 is 0 Å². The number of carboxylic acids is 2. The van der Waals surface area contributed by atoms with E-state index in [0.29, 0.717) is 0 Å². The predicted octanol–water partition coefficient (Wildman–Crippen LogP) is 4.65. The van der Waals surface area contributed by atoms with Crippen LogP contribution in [0.3, 0.4) is 0 Å². The molecule has 2 N–H and O–H groups in total. The number of allylic oxidation sites excluding steroid dienone is 8. The highest BCUT2D eigenvalue weighted by atomic mass is 16.4. The summed E-state index contributed by atoms with van der Waals surface area (Å²) in [6, 6.07) is 0. The fourth-order valence-corrected chi connectivity index (χ4v) is 2.50. The van der Waals surface area contributed by atoms with Crippen LogP contribution in [0.1, 0.15) is 58.3 Å². The third kappa shape index (κ3) is 8.19. The smallest absolute Gasteiger partial charge is 0.303 e. The molecule has 2 rings (SSSR count). The molecule has 126 valence electrons. The molecule has 23 heavy (non-hydrogen) atoms. The maximum atomic E-state index is 10.1. The maximum absolute atomic E-state index is 10.1. The fraction of sp³-hybridized carbons (Fsp3) is 0.474. The summed E-state index contributed by atoms with van der Waals surface area (Å²) >= 11 is 0. The first-order valence-electron chi connectivity index (χ1n) is 8.22. The minimum atomic E-state index is -0.740. The van der Waals surface area contributed by atoms with E-state index < -0.39 is 11.9 Å². The Labute approximate surface area is 137 Å². The van der Waals surface area contributed by atoms with Crippen LogP contribution in [0.4, 0.5) is 0 Å². The van der Waals surface area contributed by atoms with E-state index in [4.69, 9.17) is 10.2 Å². The Morgan fingerprint density at radius 3 is 1.83 bits per heavy atom. The van der Waals surface area contributed by atoms with Crippen LogP contribution in [0.2, 0.25) is 0 Å². The first-order valence-corrected chi connectivity index (χ1v) is 8.22. The number of aliphatic carboxylic acids is 2. The van der Waals surface area contributed by atoms with Crippen LogP contribution in [-0.2, 0) is 9.59 Å². The minimum Gasteiger partial charge on any atom is -0.481 e. The first-order chi connectivity index (χ1) is 11.0. The summed E-state index contributed by atoms with van der Waals surface area (Å²) in [5.74, 6) is -1.48. The summed E-state index contributed by atoms with van der Waals surface area (Å²) in [5.41, 5.74) is 4.15. The third-order valence-corrected chi connectivity index (χ3v) is 3.82. The molecule has 0 fully saturated rings. The molecule has 0 aromatic rings. The van der Waals surface area contributed by atoms with Gasteiger partial charge in [0.25, 0.3) is 0 Å². The second-order valence-electron chi connectivity index (χ2n) is 5.82. The highest BCUT2D eigenvalue weighted by Crippen LogP contribution is 2.28. The molecule has 4 nitrogen and oxygen atoms in total. The lowest BCUT2D eigenvalue weighted by Gasteiger charge is -1.98. The van der Waals surface area contributed by atoms with Crippen molar-refractivity contribution in [2.75, 3.05) is 0 Å². The monoisotopic (exact) mass is 318 g/mol. The molecular formula is C19H26O4. The summed E-state index contributed by atoms with van der Waals surface area (Å²) in [6.45, 7) is 2.14. The number of hydrogen-bond acceptors (Lipinski definition) is 2. The Bertz CT molecular complexity index is 516. The molecule has 0 heterocycles. The lowest BCUT2D eigenvalue weighted by molar-refractivity contribution is -0.138. The van der Waals surface area contributed by atoms with Crippen molar-refractivity contribution in [2.24, 2.45) is 0 Å². The Kier molecular flexibility index (Phi) is 8.73. The fourth-order valence-electron chi connectivity index (χ4n) is 2.50. The van der Waals surface area contributed by atoms with Gasteiger partial charge in [0.1, 0.15) is 0 Å². The number of hydrogen-bond donors (Lipinski definition) is 2. The van der Waals surface area contributed by atoms with Crippen LogP contribution >= 0.6 is 0 Å². The quantitative estimate of drug-likeness (QED) is 0.607. The zero-order chi connectivity index (χ0) is 17.1. The van der Waals surface area contributed by atoms with Gasteiger partial charge in [-0.15, -0.1) is 0 Å². The molecule has 0 spiro atoms. The minimum absolute atomic E-state index is 0.245. The van der Waals surface area contributed by atoms with E-state index in [1.54, 1.807) is 0 Å². The number of unbranched alkanes of at least 4 members (excludes halogenated alkanes) is 5. The van der Waals surface area contributed by atoms with Crippen molar-refractivity contribution in [1.82, 2.24) is 0 Å². The van der Waals surface area contributed by atoms with Crippen molar-refractivity contribution in [3.8, 4) is 0 Å². The summed E-state index contributed by atoms with van der Waals surface area (Å²) in [5, 5.41) is 16.7. The van der Waals surface area contributed by atoms with E-state index in [2.05, 4.69) is 37.3 Å². The van der Waals surface area contributed by atoms with Gasteiger partial charge in [0.15, 0.2) is 0 Å². The van der Waals surface area contributed by atoms with Crippen molar-refractivity contribution in [3.05, 3.63) is 47.1 Å². The zero-order valence-electron chi connectivity index (χ0n) is 13.8. The molecule has 2 aliphatic carbocycles. The van der Waals surface area contributed by atoms with E-state index in [-0.39, 0.29) is 12.8 Å². The summed E-state index contributed by atoms with van der Waals surface area (Å²) in [6.07, 6.45) is 16.5. The lowest BCUT2D eigenvalue weighted by atomic mass is 10.1. The maximum Gasteiger partial charge on any atom is 0.303 e. The number of carbonyl (C=O) groups is 2. The first kappa shape index (κ1) is 18.9. The highest BCUT2D eigenvalue weighted by Gasteiger charge is 2.09. The van der Waals surface area contributed by atoms with E-state index in [1.807, 2.05) is 0 Å². The van der Waals surface area contributed by atoms with Crippen LogP contribution in [-0.4, -0.2) is 22.2 Å². The Morgan fingerprint density at radius 2 is 1.35 bits per heavy atom. The SMILES string of the molecule is CC1=C2C=CC=C2C=C1.O=C(O)CCCCCCCCC(=O)O. The normalized spacial score (nSPS) is 14.4. The average Bonchev–Trinajstić information content (AvgIpc) is 3.08. The molecule has 0 aromatic carbocycles. The molecule has 0 aliphatic heterocycles. The summed E-state index contributed by atoms with van der Waals surface area (Å²) in [4.78, 5) is 20.3. The van der Waals surface area contributed by atoms with Gasteiger partial charge in [0.2, 0.25) is 0 Å². The molecule has 2 aliphatic rings. The van der Waals surface area contributed by atoms with E-state index in [9.17, 15) is 9.59 Å². The van der Waals surface area contributed by atoms with E-state index in [1.165, 1.54) is 16.7 Å². The van der Waals surface area contributed by atoms with E-state index in [0.717, 1.165) is 38.5 Å². The lowest BCUT2D eigenvalue weighted by Crippen LogP contribution is -1.94. The van der Waals surface area contributed by atoms with Gasteiger partial charge in [-0.3, -0.25) is 9.59 Å². The van der Waals surface area contributed by atoms with Gasteiger partial charge >= 0.3 is 11.9 Å². The molecule has 0 amide bonds. The third-order valence-electron chi connectivity index (χ3n) is 3.82. The summed E-state index contributed by atoms with van der Waals surface area (Å²) in [7, 11) is 0. The van der Waals surface area contributed by atoms with Gasteiger partial charge in [-0.1, -0.05) is 56.1 Å². The molecule has 0 aromatic heterocycles. The Balaban J connectivity index is 0.000000248. The van der Waals surface area contributed by atoms with Crippen LogP contribution in [0.15, 0.2) is 47.1 Å². The predicted molar refractivity (Wildman–Crippen MR) is 91.3 cm³/mol. The van der Waals surface area contributed by atoms with E-state index >= 15 is 0 Å². The molecule has 0 bridgehead atoms. The Hall–Kier alpha value is -2.10. The van der Waals surface area contributed by atoms with Gasteiger partial charge < -0.3 is 10.2 Å². The second-order valence-corrected chi connectivity index (χ2v) is 5.82. The van der Waals surface area contributed by atoms with Gasteiger partial charge in [-0.05, 0) is 36.5 Å². The molecule has 0 saturated heterocycles. The van der Waals surface area contributed by atoms with Crippen LogP contribution in [0.5, 0.6) is 0 Å².